The first-order valence-electron chi connectivity index (χ1n) is 11.6. The molecule has 150 valence electrons. The molecule has 0 aliphatic heterocycles. The lowest BCUT2D eigenvalue weighted by Crippen LogP contribution is -2.35. The summed E-state index contributed by atoms with van der Waals surface area (Å²) >= 11 is 1.99. The van der Waals surface area contributed by atoms with Crippen molar-refractivity contribution in [1.29, 1.82) is 5.26 Å². The summed E-state index contributed by atoms with van der Waals surface area (Å²) in [5.41, 5.74) is 0.667. The van der Waals surface area contributed by atoms with Crippen LogP contribution in [-0.2, 0) is 12.8 Å². The predicted octanol–water partition coefficient (Wildman–Crippen LogP) is 7.80. The SMILES string of the molecule is CCc1ccc(CC[C@H]2CCC(C#N)C2CCCC(C)C2(CC)CCC2)s1. The van der Waals surface area contributed by atoms with Crippen LogP contribution in [0.2, 0.25) is 0 Å². The molecule has 2 aliphatic rings. The third-order valence-corrected chi connectivity index (χ3v) is 9.53. The fourth-order valence-corrected chi connectivity index (χ4v) is 6.95. The van der Waals surface area contributed by atoms with E-state index in [0.717, 1.165) is 24.7 Å². The number of hydrogen-bond acceptors (Lipinski definition) is 2. The van der Waals surface area contributed by atoms with Crippen molar-refractivity contribution in [2.45, 2.75) is 97.8 Å². The van der Waals surface area contributed by atoms with Crippen molar-refractivity contribution in [3.05, 3.63) is 21.9 Å². The minimum Gasteiger partial charge on any atom is -0.198 e. The standard InChI is InChI=1S/C25H39NS/c1-4-22-14-15-23(27-22)13-12-20-10-11-21(18-26)24(20)9-6-8-19(3)25(5-2)16-7-17-25/h14-15,19-21,24H,4-13,16-17H2,1-3H3/t19?,20-,21?,24?/m1/s1. The van der Waals surface area contributed by atoms with Crippen LogP contribution >= 0.6 is 11.3 Å². The zero-order valence-electron chi connectivity index (χ0n) is 17.8. The molecule has 0 radical (unpaired) electrons. The van der Waals surface area contributed by atoms with E-state index in [9.17, 15) is 5.26 Å². The molecule has 27 heavy (non-hydrogen) atoms. The van der Waals surface area contributed by atoms with Crippen molar-refractivity contribution < 1.29 is 0 Å². The molecule has 3 rings (SSSR count). The summed E-state index contributed by atoms with van der Waals surface area (Å²) in [4.78, 5) is 3.06. The van der Waals surface area contributed by atoms with Gasteiger partial charge in [0.25, 0.3) is 0 Å². The fourth-order valence-electron chi connectivity index (χ4n) is 5.97. The maximum absolute atomic E-state index is 9.65. The molecule has 0 amide bonds. The summed E-state index contributed by atoms with van der Waals surface area (Å²) in [5.74, 6) is 2.63. The van der Waals surface area contributed by atoms with Crippen LogP contribution in [0.1, 0.15) is 94.7 Å². The normalized spacial score (nSPS) is 27.9. The minimum absolute atomic E-state index is 0.323. The number of aryl methyl sites for hydroxylation is 2. The monoisotopic (exact) mass is 385 g/mol. The maximum atomic E-state index is 9.65. The second kappa shape index (κ2) is 9.60. The first-order chi connectivity index (χ1) is 13.1. The van der Waals surface area contributed by atoms with Crippen molar-refractivity contribution in [2.75, 3.05) is 0 Å². The van der Waals surface area contributed by atoms with E-state index in [1.807, 2.05) is 11.3 Å². The average Bonchev–Trinajstić information content (AvgIpc) is 3.26. The van der Waals surface area contributed by atoms with Gasteiger partial charge in [-0.25, -0.2) is 0 Å². The Hall–Kier alpha value is -0.810. The van der Waals surface area contributed by atoms with Crippen molar-refractivity contribution >= 4 is 11.3 Å². The quantitative estimate of drug-likeness (QED) is 0.403. The van der Waals surface area contributed by atoms with Gasteiger partial charge in [0.1, 0.15) is 0 Å². The third-order valence-electron chi connectivity index (χ3n) is 8.24. The maximum Gasteiger partial charge on any atom is 0.0658 e. The molecule has 2 aliphatic carbocycles. The lowest BCUT2D eigenvalue weighted by molar-refractivity contribution is 0.0461. The summed E-state index contributed by atoms with van der Waals surface area (Å²) in [5, 5.41) is 9.65. The lowest BCUT2D eigenvalue weighted by atomic mass is 9.59. The highest BCUT2D eigenvalue weighted by atomic mass is 32.1. The van der Waals surface area contributed by atoms with Gasteiger partial charge in [0.2, 0.25) is 0 Å². The number of nitrogens with zero attached hydrogens (tertiary/aromatic N) is 1. The Morgan fingerprint density at radius 2 is 1.96 bits per heavy atom. The number of nitriles is 1. The van der Waals surface area contributed by atoms with Gasteiger partial charge in [0.15, 0.2) is 0 Å². The Morgan fingerprint density at radius 1 is 1.19 bits per heavy atom. The highest BCUT2D eigenvalue weighted by molar-refractivity contribution is 7.11. The second-order valence-electron chi connectivity index (χ2n) is 9.40. The molecule has 2 saturated carbocycles. The molecule has 2 fully saturated rings. The first kappa shape index (κ1) is 20.9. The smallest absolute Gasteiger partial charge is 0.0658 e. The van der Waals surface area contributed by atoms with E-state index in [1.54, 1.807) is 4.88 Å². The van der Waals surface area contributed by atoms with E-state index < -0.39 is 0 Å². The van der Waals surface area contributed by atoms with Gasteiger partial charge in [0, 0.05) is 15.7 Å². The van der Waals surface area contributed by atoms with Crippen LogP contribution in [0, 0.1) is 40.4 Å². The molecule has 1 aromatic rings. The van der Waals surface area contributed by atoms with Crippen molar-refractivity contribution in [3.8, 4) is 6.07 Å². The molecule has 0 aromatic carbocycles. The number of thiophene rings is 1. The van der Waals surface area contributed by atoms with Gasteiger partial charge in [-0.05, 0) is 86.7 Å². The molecule has 0 bridgehead atoms. The van der Waals surface area contributed by atoms with E-state index in [-0.39, 0.29) is 0 Å². The number of hydrogen-bond donors (Lipinski definition) is 0. The molecule has 2 heteroatoms. The summed E-state index contributed by atoms with van der Waals surface area (Å²) in [7, 11) is 0. The molecular weight excluding hydrogens is 346 g/mol. The first-order valence-corrected chi connectivity index (χ1v) is 12.4. The van der Waals surface area contributed by atoms with Gasteiger partial charge in [-0.3, -0.25) is 0 Å². The van der Waals surface area contributed by atoms with Gasteiger partial charge in [-0.15, -0.1) is 11.3 Å². The van der Waals surface area contributed by atoms with Crippen LogP contribution in [0.25, 0.3) is 0 Å². The van der Waals surface area contributed by atoms with Crippen molar-refractivity contribution in [2.24, 2.45) is 29.1 Å². The van der Waals surface area contributed by atoms with Crippen LogP contribution in [0.3, 0.4) is 0 Å². The van der Waals surface area contributed by atoms with Crippen LogP contribution in [0.15, 0.2) is 12.1 Å². The molecule has 1 aromatic heterocycles. The highest BCUT2D eigenvalue weighted by Crippen LogP contribution is 2.51. The summed E-state index contributed by atoms with van der Waals surface area (Å²) in [6.45, 7) is 7.13. The van der Waals surface area contributed by atoms with E-state index in [2.05, 4.69) is 39.0 Å². The lowest BCUT2D eigenvalue weighted by Gasteiger charge is -2.46. The van der Waals surface area contributed by atoms with Crippen molar-refractivity contribution in [1.82, 2.24) is 0 Å². The van der Waals surface area contributed by atoms with Gasteiger partial charge in [-0.1, -0.05) is 46.5 Å². The minimum atomic E-state index is 0.323. The summed E-state index contributed by atoms with van der Waals surface area (Å²) in [6.07, 6.45) is 15.8. The predicted molar refractivity (Wildman–Crippen MR) is 117 cm³/mol. The van der Waals surface area contributed by atoms with Gasteiger partial charge in [0.05, 0.1) is 6.07 Å². The summed E-state index contributed by atoms with van der Waals surface area (Å²) in [6, 6.07) is 7.29. The molecule has 0 N–H and O–H groups in total. The Bertz CT molecular complexity index is 615. The fraction of sp³-hybridized carbons (Fsp3) is 0.800. The van der Waals surface area contributed by atoms with E-state index in [4.69, 9.17) is 0 Å². The van der Waals surface area contributed by atoms with Crippen molar-refractivity contribution in [3.63, 3.8) is 0 Å². The molecule has 3 unspecified atom stereocenters. The van der Waals surface area contributed by atoms with Crippen LogP contribution in [-0.4, -0.2) is 0 Å². The molecule has 4 atom stereocenters. The average molecular weight is 386 g/mol. The topological polar surface area (TPSA) is 23.8 Å². The molecular formula is C25H39NS. The molecule has 0 saturated heterocycles. The third kappa shape index (κ3) is 4.79. The van der Waals surface area contributed by atoms with E-state index in [1.165, 1.54) is 69.1 Å². The Balaban J connectivity index is 1.49. The van der Waals surface area contributed by atoms with Gasteiger partial charge >= 0.3 is 0 Å². The Kier molecular flexibility index (Phi) is 7.43. The van der Waals surface area contributed by atoms with Gasteiger partial charge < -0.3 is 0 Å². The highest BCUT2D eigenvalue weighted by Gasteiger charge is 2.40. The van der Waals surface area contributed by atoms with E-state index >= 15 is 0 Å². The Morgan fingerprint density at radius 3 is 2.56 bits per heavy atom. The van der Waals surface area contributed by atoms with Crippen LogP contribution in [0.4, 0.5) is 0 Å². The summed E-state index contributed by atoms with van der Waals surface area (Å²) < 4.78 is 0. The van der Waals surface area contributed by atoms with Crippen LogP contribution < -0.4 is 0 Å². The van der Waals surface area contributed by atoms with Crippen LogP contribution in [0.5, 0.6) is 0 Å². The molecule has 1 nitrogen and oxygen atoms in total. The molecule has 0 spiro atoms. The molecule has 1 heterocycles. The zero-order valence-corrected chi connectivity index (χ0v) is 18.6. The second-order valence-corrected chi connectivity index (χ2v) is 10.7. The van der Waals surface area contributed by atoms with E-state index in [0.29, 0.717) is 17.3 Å². The Labute approximate surface area is 171 Å². The largest absolute Gasteiger partial charge is 0.198 e. The number of rotatable bonds is 10. The zero-order chi connectivity index (χ0) is 19.3. The van der Waals surface area contributed by atoms with Gasteiger partial charge in [-0.2, -0.15) is 5.26 Å².